The van der Waals surface area contributed by atoms with E-state index in [0.29, 0.717) is 5.57 Å². The Labute approximate surface area is 207 Å². The molecular formula is C25H32O11. The van der Waals surface area contributed by atoms with Gasteiger partial charge in [-0.3, -0.25) is 9.59 Å². The Kier molecular flexibility index (Phi) is 5.42. The summed E-state index contributed by atoms with van der Waals surface area (Å²) in [5, 5.41) is 43.5. The number of carboxylic acids is 1. The van der Waals surface area contributed by atoms with Gasteiger partial charge in [0.2, 0.25) is 11.7 Å². The Bertz CT molecular complexity index is 1080. The largest absolute Gasteiger partial charge is 0.504 e. The van der Waals surface area contributed by atoms with E-state index in [4.69, 9.17) is 14.2 Å². The zero-order valence-corrected chi connectivity index (χ0v) is 20.6. The van der Waals surface area contributed by atoms with Gasteiger partial charge in [0.05, 0.1) is 18.6 Å². The van der Waals surface area contributed by atoms with E-state index in [-0.39, 0.29) is 37.5 Å². The molecule has 198 valence electrons. The van der Waals surface area contributed by atoms with Crippen LogP contribution in [0.15, 0.2) is 11.3 Å². The summed E-state index contributed by atoms with van der Waals surface area (Å²) in [6.45, 7) is 6.64. The van der Waals surface area contributed by atoms with Crippen molar-refractivity contribution < 1.29 is 53.8 Å². The summed E-state index contributed by atoms with van der Waals surface area (Å²) < 4.78 is 17.2. The molecule has 2 bridgehead atoms. The molecule has 0 aromatic carbocycles. The molecule has 11 heteroatoms. The molecular weight excluding hydrogens is 476 g/mol. The Morgan fingerprint density at radius 1 is 1.19 bits per heavy atom. The van der Waals surface area contributed by atoms with Gasteiger partial charge in [0, 0.05) is 24.2 Å². The molecule has 1 spiro atoms. The molecule has 36 heavy (non-hydrogen) atoms. The first-order valence-electron chi connectivity index (χ1n) is 12.3. The molecule has 10 atom stereocenters. The van der Waals surface area contributed by atoms with Crippen LogP contribution in [0.2, 0.25) is 0 Å². The van der Waals surface area contributed by atoms with Gasteiger partial charge in [-0.25, -0.2) is 9.59 Å². The van der Waals surface area contributed by atoms with E-state index in [2.05, 4.69) is 0 Å². The van der Waals surface area contributed by atoms with Crippen LogP contribution in [0.1, 0.15) is 47.0 Å². The van der Waals surface area contributed by atoms with Crippen molar-refractivity contribution in [2.45, 2.75) is 77.0 Å². The number of carbonyl (C=O) groups is 4. The third-order valence-corrected chi connectivity index (χ3v) is 9.50. The highest BCUT2D eigenvalue weighted by Crippen LogP contribution is 2.72. The van der Waals surface area contributed by atoms with E-state index < -0.39 is 82.3 Å². The lowest BCUT2D eigenvalue weighted by Gasteiger charge is -2.67. The zero-order valence-electron chi connectivity index (χ0n) is 20.6. The number of aliphatic carboxylic acids is 1. The van der Waals surface area contributed by atoms with E-state index in [1.165, 1.54) is 0 Å². The number of fused-ring (bicyclic) bond motifs is 2. The normalized spacial score (nSPS) is 47.2. The number of esters is 2. The number of ketones is 1. The molecule has 2 aliphatic heterocycles. The number of rotatable bonds is 4. The molecule has 0 aromatic heterocycles. The number of ether oxygens (including phenoxy) is 3. The maximum absolute atomic E-state index is 13.3. The predicted molar refractivity (Wildman–Crippen MR) is 118 cm³/mol. The van der Waals surface area contributed by atoms with Gasteiger partial charge in [-0.1, -0.05) is 20.8 Å². The maximum Gasteiger partial charge on any atom is 0.348 e. The minimum absolute atomic E-state index is 0.0278. The average molecular weight is 509 g/mol. The standard InChI is InChI=1S/C25H32O11/c1-9(2)5-14(27)36-17-19-24-8-34-25(19,22(32)33)20(30)16(29)18(24)23(4)7-12(26)15(28)10(3)11(23)6-13(24)35-21(17)31/h9,11,13,16-20,28-30H,5-8H2,1-4H3,(H,32,33). The highest BCUT2D eigenvalue weighted by Gasteiger charge is 2.85. The monoisotopic (exact) mass is 508 g/mol. The lowest BCUT2D eigenvalue weighted by atomic mass is 9.38. The molecule has 2 heterocycles. The highest BCUT2D eigenvalue weighted by atomic mass is 16.6. The number of hydrogen-bond acceptors (Lipinski definition) is 10. The van der Waals surface area contributed by atoms with Crippen molar-refractivity contribution in [3.8, 4) is 0 Å². The summed E-state index contributed by atoms with van der Waals surface area (Å²) >= 11 is 0. The average Bonchev–Trinajstić information content (AvgIpc) is 3.08. The van der Waals surface area contributed by atoms with Crippen LogP contribution < -0.4 is 0 Å². The van der Waals surface area contributed by atoms with Crippen molar-refractivity contribution in [1.29, 1.82) is 0 Å². The molecule has 3 aliphatic carbocycles. The third kappa shape index (κ3) is 2.84. The van der Waals surface area contributed by atoms with Gasteiger partial charge >= 0.3 is 17.9 Å². The van der Waals surface area contributed by atoms with Gasteiger partial charge in [-0.05, 0) is 36.2 Å². The molecule has 2 saturated carbocycles. The quantitative estimate of drug-likeness (QED) is 0.389. The Balaban J connectivity index is 1.71. The van der Waals surface area contributed by atoms with Crippen LogP contribution in [0.3, 0.4) is 0 Å². The lowest BCUT2D eigenvalue weighted by molar-refractivity contribution is -0.290. The smallest absolute Gasteiger partial charge is 0.348 e. The minimum Gasteiger partial charge on any atom is -0.504 e. The first-order chi connectivity index (χ1) is 16.7. The molecule has 10 unspecified atom stereocenters. The van der Waals surface area contributed by atoms with Gasteiger partial charge in [0.15, 0.2) is 11.5 Å². The molecule has 0 aromatic rings. The van der Waals surface area contributed by atoms with E-state index in [0.717, 1.165) is 0 Å². The maximum atomic E-state index is 13.3. The molecule has 5 rings (SSSR count). The number of carbonyl (C=O) groups excluding carboxylic acids is 3. The summed E-state index contributed by atoms with van der Waals surface area (Å²) in [5.41, 5.74) is -4.42. The van der Waals surface area contributed by atoms with E-state index in [1.54, 1.807) is 27.7 Å². The second-order valence-corrected chi connectivity index (χ2v) is 11.7. The molecule has 0 amide bonds. The van der Waals surface area contributed by atoms with Crippen LogP contribution in [0.4, 0.5) is 0 Å². The van der Waals surface area contributed by atoms with Gasteiger partial charge in [0.1, 0.15) is 12.2 Å². The number of carboxylic acid groups (broad SMARTS) is 1. The number of hydrogen-bond donors (Lipinski definition) is 4. The fourth-order valence-corrected chi connectivity index (χ4v) is 8.23. The summed E-state index contributed by atoms with van der Waals surface area (Å²) in [7, 11) is 0. The van der Waals surface area contributed by atoms with Crippen molar-refractivity contribution in [3.05, 3.63) is 11.3 Å². The Hall–Kier alpha value is -2.50. The van der Waals surface area contributed by atoms with Gasteiger partial charge < -0.3 is 34.6 Å². The van der Waals surface area contributed by atoms with Crippen molar-refractivity contribution in [2.24, 2.45) is 34.5 Å². The summed E-state index contributed by atoms with van der Waals surface area (Å²) in [5.74, 6) is -7.08. The van der Waals surface area contributed by atoms with E-state index in [1.807, 2.05) is 0 Å². The SMILES string of the molecule is CC1=C(O)C(=O)CC2(C)C1CC1OC(=O)C(OC(=O)CC(C)C)C3C4(C(=O)O)OCC13C2C(O)C4O. The number of Topliss-reactive ketones (excluding diaryl/α,β-unsaturated/α-hetero) is 1. The van der Waals surface area contributed by atoms with Crippen LogP contribution in [-0.4, -0.2) is 80.7 Å². The number of allylic oxidation sites excluding steroid dienone is 2. The Morgan fingerprint density at radius 3 is 2.47 bits per heavy atom. The van der Waals surface area contributed by atoms with Crippen molar-refractivity contribution in [2.75, 3.05) is 6.61 Å². The summed E-state index contributed by atoms with van der Waals surface area (Å²) in [4.78, 5) is 51.4. The summed E-state index contributed by atoms with van der Waals surface area (Å²) in [6.07, 6.45) is -6.32. The number of aliphatic hydroxyl groups excluding tert-OH is 3. The van der Waals surface area contributed by atoms with Crippen LogP contribution in [0.5, 0.6) is 0 Å². The fourth-order valence-electron chi connectivity index (χ4n) is 8.23. The molecule has 2 saturated heterocycles. The van der Waals surface area contributed by atoms with Crippen LogP contribution in [0.25, 0.3) is 0 Å². The number of aliphatic hydroxyl groups is 3. The van der Waals surface area contributed by atoms with Crippen molar-refractivity contribution in [3.63, 3.8) is 0 Å². The molecule has 4 N–H and O–H groups in total. The summed E-state index contributed by atoms with van der Waals surface area (Å²) in [6, 6.07) is 0. The van der Waals surface area contributed by atoms with Gasteiger partial charge in [-0.2, -0.15) is 0 Å². The Morgan fingerprint density at radius 2 is 1.86 bits per heavy atom. The van der Waals surface area contributed by atoms with Crippen LogP contribution in [-0.2, 0) is 33.4 Å². The molecule has 0 radical (unpaired) electrons. The zero-order chi connectivity index (χ0) is 26.5. The molecule has 5 aliphatic rings. The van der Waals surface area contributed by atoms with Crippen LogP contribution in [0, 0.1) is 34.5 Å². The van der Waals surface area contributed by atoms with Crippen LogP contribution >= 0.6 is 0 Å². The molecule has 11 nitrogen and oxygen atoms in total. The van der Waals surface area contributed by atoms with Gasteiger partial charge in [-0.15, -0.1) is 0 Å². The third-order valence-electron chi connectivity index (χ3n) is 9.50. The van der Waals surface area contributed by atoms with Crippen molar-refractivity contribution in [1.82, 2.24) is 0 Å². The predicted octanol–water partition coefficient (Wildman–Crippen LogP) is 0.509. The second-order valence-electron chi connectivity index (χ2n) is 11.7. The highest BCUT2D eigenvalue weighted by molar-refractivity contribution is 5.95. The van der Waals surface area contributed by atoms with E-state index in [9.17, 15) is 39.6 Å². The first kappa shape index (κ1) is 25.2. The first-order valence-corrected chi connectivity index (χ1v) is 12.3. The molecule has 4 fully saturated rings. The van der Waals surface area contributed by atoms with Crippen molar-refractivity contribution >= 4 is 23.7 Å². The second kappa shape index (κ2) is 7.75. The van der Waals surface area contributed by atoms with E-state index >= 15 is 0 Å². The lowest BCUT2D eigenvalue weighted by Crippen LogP contribution is -2.79. The topological polar surface area (TPSA) is 177 Å². The minimum atomic E-state index is -2.43. The van der Waals surface area contributed by atoms with Gasteiger partial charge in [0.25, 0.3) is 0 Å². The fraction of sp³-hybridized carbons (Fsp3) is 0.760.